The molecule has 3 aromatic carbocycles. The Morgan fingerprint density at radius 2 is 1.71 bits per heavy atom. The van der Waals surface area contributed by atoms with Gasteiger partial charge in [0.05, 0.1) is 0 Å². The standard InChI is InChI=1S/C26H21NO/c1-3-15-27-17-22(20-11-7-8-12-23(20)27)26-18(2)13-14-24-21(26)16-25(28-24)19-9-5-4-6-10-19/h3-14,16-17H,1,15H2,2H3. The highest BCUT2D eigenvalue weighted by Crippen LogP contribution is 2.40. The van der Waals surface area contributed by atoms with Crippen LogP contribution in [0.1, 0.15) is 5.56 Å². The zero-order valence-corrected chi connectivity index (χ0v) is 15.9. The van der Waals surface area contributed by atoms with Crippen molar-refractivity contribution in [1.82, 2.24) is 4.57 Å². The summed E-state index contributed by atoms with van der Waals surface area (Å²) >= 11 is 0. The minimum absolute atomic E-state index is 0.788. The summed E-state index contributed by atoms with van der Waals surface area (Å²) in [4.78, 5) is 0. The molecule has 0 bridgehead atoms. The van der Waals surface area contributed by atoms with Crippen molar-refractivity contribution in [3.8, 4) is 22.5 Å². The maximum atomic E-state index is 6.21. The Balaban J connectivity index is 1.80. The van der Waals surface area contributed by atoms with Crippen molar-refractivity contribution < 1.29 is 4.42 Å². The Morgan fingerprint density at radius 1 is 0.929 bits per heavy atom. The molecule has 0 radical (unpaired) electrons. The molecule has 0 amide bonds. The number of benzene rings is 3. The number of nitrogens with zero attached hydrogens (tertiary/aromatic N) is 1. The quantitative estimate of drug-likeness (QED) is 0.308. The van der Waals surface area contributed by atoms with Crippen molar-refractivity contribution in [3.63, 3.8) is 0 Å². The summed E-state index contributed by atoms with van der Waals surface area (Å²) in [5, 5.41) is 2.41. The van der Waals surface area contributed by atoms with Gasteiger partial charge in [-0.25, -0.2) is 0 Å². The number of allylic oxidation sites excluding steroid dienone is 1. The highest BCUT2D eigenvalue weighted by atomic mass is 16.3. The number of rotatable bonds is 4. The summed E-state index contributed by atoms with van der Waals surface area (Å²) in [7, 11) is 0. The fourth-order valence-electron chi connectivity index (χ4n) is 4.06. The van der Waals surface area contributed by atoms with Crippen LogP contribution in [0.25, 0.3) is 44.3 Å². The van der Waals surface area contributed by atoms with Gasteiger partial charge in [0.2, 0.25) is 0 Å². The zero-order chi connectivity index (χ0) is 19.1. The SMILES string of the molecule is C=CCn1cc(-c2c(C)ccc3oc(-c4ccccc4)cc23)c2ccccc21. The first kappa shape index (κ1) is 16.6. The van der Waals surface area contributed by atoms with E-state index in [9.17, 15) is 0 Å². The molecule has 28 heavy (non-hydrogen) atoms. The molecule has 0 saturated heterocycles. The van der Waals surface area contributed by atoms with Crippen LogP contribution in [0.3, 0.4) is 0 Å². The van der Waals surface area contributed by atoms with Crippen molar-refractivity contribution in [3.05, 3.63) is 97.2 Å². The lowest BCUT2D eigenvalue weighted by Crippen LogP contribution is -1.91. The van der Waals surface area contributed by atoms with Crippen molar-refractivity contribution in [1.29, 1.82) is 0 Å². The average Bonchev–Trinajstić information content (AvgIpc) is 3.31. The Kier molecular flexibility index (Phi) is 3.91. The molecule has 2 heterocycles. The van der Waals surface area contributed by atoms with Crippen molar-refractivity contribution >= 4 is 21.9 Å². The minimum Gasteiger partial charge on any atom is -0.456 e. The third-order valence-corrected chi connectivity index (χ3v) is 5.35. The summed E-state index contributed by atoms with van der Waals surface area (Å²) in [5.74, 6) is 0.900. The molecule has 5 aromatic rings. The van der Waals surface area contributed by atoms with Gasteiger partial charge in [-0.2, -0.15) is 0 Å². The zero-order valence-electron chi connectivity index (χ0n) is 15.9. The maximum Gasteiger partial charge on any atom is 0.135 e. The van der Waals surface area contributed by atoms with Crippen LogP contribution in [0.5, 0.6) is 0 Å². The van der Waals surface area contributed by atoms with E-state index >= 15 is 0 Å². The molecular weight excluding hydrogens is 342 g/mol. The fourth-order valence-corrected chi connectivity index (χ4v) is 4.06. The molecule has 2 nitrogen and oxygen atoms in total. The number of hydrogen-bond acceptors (Lipinski definition) is 1. The van der Waals surface area contributed by atoms with Crippen molar-refractivity contribution in [2.75, 3.05) is 0 Å². The molecule has 0 fully saturated rings. The number of fused-ring (bicyclic) bond motifs is 2. The number of furan rings is 1. The summed E-state index contributed by atoms with van der Waals surface area (Å²) in [6, 6.07) is 25.2. The second-order valence-corrected chi connectivity index (χ2v) is 7.15. The van der Waals surface area contributed by atoms with Crippen LogP contribution in [-0.4, -0.2) is 4.57 Å². The van der Waals surface area contributed by atoms with E-state index in [0.717, 1.165) is 28.8 Å². The monoisotopic (exact) mass is 363 g/mol. The minimum atomic E-state index is 0.788. The molecule has 0 aliphatic heterocycles. The van der Waals surface area contributed by atoms with E-state index in [1.807, 2.05) is 24.3 Å². The first-order valence-corrected chi connectivity index (χ1v) is 9.54. The molecule has 136 valence electrons. The summed E-state index contributed by atoms with van der Waals surface area (Å²) in [5.41, 5.74) is 6.95. The number of para-hydroxylation sites is 1. The average molecular weight is 363 g/mol. The molecule has 2 heteroatoms. The predicted molar refractivity (Wildman–Crippen MR) is 118 cm³/mol. The third kappa shape index (κ3) is 2.57. The second kappa shape index (κ2) is 6.58. The van der Waals surface area contributed by atoms with Gasteiger partial charge in [-0.15, -0.1) is 6.58 Å². The van der Waals surface area contributed by atoms with Crippen LogP contribution < -0.4 is 0 Å². The summed E-state index contributed by atoms with van der Waals surface area (Å²) < 4.78 is 8.47. The van der Waals surface area contributed by atoms with E-state index in [0.29, 0.717) is 0 Å². The van der Waals surface area contributed by atoms with Gasteiger partial charge < -0.3 is 8.98 Å². The Hall–Kier alpha value is -3.52. The maximum absolute atomic E-state index is 6.21. The third-order valence-electron chi connectivity index (χ3n) is 5.35. The predicted octanol–water partition coefficient (Wildman–Crippen LogP) is 7.22. The molecule has 0 atom stereocenters. The molecule has 2 aromatic heterocycles. The smallest absolute Gasteiger partial charge is 0.135 e. The molecule has 0 N–H and O–H groups in total. The topological polar surface area (TPSA) is 18.1 Å². The highest BCUT2D eigenvalue weighted by molar-refractivity contribution is 6.06. The highest BCUT2D eigenvalue weighted by Gasteiger charge is 2.17. The van der Waals surface area contributed by atoms with Gasteiger partial charge in [0.25, 0.3) is 0 Å². The van der Waals surface area contributed by atoms with Crippen LogP contribution in [0.15, 0.2) is 96.1 Å². The lowest BCUT2D eigenvalue weighted by Gasteiger charge is -2.06. The lowest BCUT2D eigenvalue weighted by molar-refractivity contribution is 0.631. The van der Waals surface area contributed by atoms with Gasteiger partial charge in [0, 0.05) is 40.2 Å². The second-order valence-electron chi connectivity index (χ2n) is 7.15. The molecule has 5 rings (SSSR count). The molecular formula is C26H21NO. The van der Waals surface area contributed by atoms with E-state index < -0.39 is 0 Å². The Bertz CT molecular complexity index is 1300. The molecule has 0 saturated carbocycles. The van der Waals surface area contributed by atoms with Crippen LogP contribution >= 0.6 is 0 Å². The van der Waals surface area contributed by atoms with E-state index in [1.165, 1.54) is 27.6 Å². The molecule has 0 spiro atoms. The van der Waals surface area contributed by atoms with Crippen LogP contribution in [0.2, 0.25) is 0 Å². The van der Waals surface area contributed by atoms with E-state index in [-0.39, 0.29) is 0 Å². The number of aryl methyl sites for hydroxylation is 1. The van der Waals surface area contributed by atoms with Crippen LogP contribution in [-0.2, 0) is 6.54 Å². The van der Waals surface area contributed by atoms with E-state index in [1.54, 1.807) is 0 Å². The van der Waals surface area contributed by atoms with Crippen molar-refractivity contribution in [2.45, 2.75) is 13.5 Å². The van der Waals surface area contributed by atoms with Gasteiger partial charge >= 0.3 is 0 Å². The van der Waals surface area contributed by atoms with Gasteiger partial charge in [-0.05, 0) is 36.2 Å². The van der Waals surface area contributed by atoms with Gasteiger partial charge in [-0.3, -0.25) is 0 Å². The van der Waals surface area contributed by atoms with E-state index in [4.69, 9.17) is 4.42 Å². The molecule has 0 aliphatic carbocycles. The lowest BCUT2D eigenvalue weighted by atomic mass is 9.96. The van der Waals surface area contributed by atoms with Gasteiger partial charge in [-0.1, -0.05) is 60.7 Å². The van der Waals surface area contributed by atoms with E-state index in [2.05, 4.69) is 78.9 Å². The number of hydrogen-bond donors (Lipinski definition) is 0. The van der Waals surface area contributed by atoms with Gasteiger partial charge in [0.15, 0.2) is 0 Å². The summed E-state index contributed by atoms with van der Waals surface area (Å²) in [6.07, 6.45) is 4.18. The Labute approximate surface area is 164 Å². The summed E-state index contributed by atoms with van der Waals surface area (Å²) in [6.45, 7) is 6.87. The first-order valence-electron chi connectivity index (χ1n) is 9.54. The molecule has 0 unspecified atom stereocenters. The van der Waals surface area contributed by atoms with Crippen molar-refractivity contribution in [2.24, 2.45) is 0 Å². The first-order chi connectivity index (χ1) is 13.8. The van der Waals surface area contributed by atoms with Crippen LogP contribution in [0.4, 0.5) is 0 Å². The van der Waals surface area contributed by atoms with Gasteiger partial charge in [0.1, 0.15) is 11.3 Å². The van der Waals surface area contributed by atoms with Crippen LogP contribution in [0, 0.1) is 6.92 Å². The Morgan fingerprint density at radius 3 is 2.54 bits per heavy atom. The number of aromatic nitrogens is 1. The fraction of sp³-hybridized carbons (Fsp3) is 0.0769. The molecule has 0 aliphatic rings. The normalized spacial score (nSPS) is 11.3. The largest absolute Gasteiger partial charge is 0.456 e.